The molecule has 3 aliphatic heterocycles. The number of nitrogens with zero attached hydrogens (tertiary/aromatic N) is 1. The third-order valence-electron chi connectivity index (χ3n) is 9.98. The topological polar surface area (TPSA) is 3.24 Å². The second-order valence-corrected chi connectivity index (χ2v) is 13.1. The van der Waals surface area contributed by atoms with Crippen molar-refractivity contribution in [2.45, 2.75) is 57.8 Å². The smallest absolute Gasteiger partial charge is 0.0544 e. The van der Waals surface area contributed by atoms with E-state index in [0.29, 0.717) is 0 Å². The largest absolute Gasteiger partial charge is 0.309 e. The summed E-state index contributed by atoms with van der Waals surface area (Å²) in [5.41, 5.74) is 15.1. The van der Waals surface area contributed by atoms with Crippen LogP contribution in [0.5, 0.6) is 0 Å². The highest BCUT2D eigenvalue weighted by molar-refractivity contribution is 5.99. The molecule has 0 bridgehead atoms. The van der Waals surface area contributed by atoms with Crippen LogP contribution in [-0.2, 0) is 16.2 Å². The molecule has 38 heavy (non-hydrogen) atoms. The number of hydrogen-bond donors (Lipinski definition) is 0. The molecule has 0 saturated carbocycles. The van der Waals surface area contributed by atoms with E-state index in [0.717, 1.165) is 0 Å². The molecule has 0 unspecified atom stereocenters. The number of benzene rings is 5. The van der Waals surface area contributed by atoms with Crippen molar-refractivity contribution in [3.8, 4) is 11.1 Å². The number of hydrogen-bond acceptors (Lipinski definition) is 1. The van der Waals surface area contributed by atoms with E-state index in [-0.39, 0.29) is 16.2 Å². The van der Waals surface area contributed by atoms with E-state index in [1.54, 1.807) is 0 Å². The Bertz CT molecular complexity index is 1760. The Balaban J connectivity index is 1.51. The molecule has 1 nitrogen and oxygen atoms in total. The maximum Gasteiger partial charge on any atom is 0.0544 e. The summed E-state index contributed by atoms with van der Waals surface area (Å²) < 4.78 is 0. The Morgan fingerprint density at radius 2 is 0.842 bits per heavy atom. The van der Waals surface area contributed by atoms with Gasteiger partial charge in [-0.2, -0.15) is 0 Å². The average Bonchev–Trinajstić information content (AvgIpc) is 2.91. The summed E-state index contributed by atoms with van der Waals surface area (Å²) in [4.78, 5) is 2.64. The molecule has 0 saturated heterocycles. The van der Waals surface area contributed by atoms with Crippen LogP contribution in [0.25, 0.3) is 21.9 Å². The fourth-order valence-electron chi connectivity index (χ4n) is 7.72. The third kappa shape index (κ3) is 2.48. The second kappa shape index (κ2) is 6.77. The van der Waals surface area contributed by atoms with Gasteiger partial charge in [0.05, 0.1) is 17.1 Å². The van der Waals surface area contributed by atoms with Gasteiger partial charge < -0.3 is 4.90 Å². The Morgan fingerprint density at radius 3 is 1.37 bits per heavy atom. The van der Waals surface area contributed by atoms with Crippen molar-refractivity contribution < 1.29 is 0 Å². The van der Waals surface area contributed by atoms with E-state index in [1.807, 2.05) is 0 Å². The number of fused-ring (bicyclic) bond motifs is 1. The van der Waals surface area contributed by atoms with E-state index in [4.69, 9.17) is 0 Å². The SMILES string of the molecule is CC1(C)c2cccc3c2N2c4c1cccc4C(C)(C)c1cc(-c4ccc5ccccc5c4)cc(c12)C3(C)C. The first-order chi connectivity index (χ1) is 18.1. The van der Waals surface area contributed by atoms with Crippen LogP contribution in [0.2, 0.25) is 0 Å². The molecule has 1 heteroatoms. The Morgan fingerprint density at radius 1 is 0.395 bits per heavy atom. The lowest BCUT2D eigenvalue weighted by Gasteiger charge is -2.55. The summed E-state index contributed by atoms with van der Waals surface area (Å²) in [6.45, 7) is 14.5. The Kier molecular flexibility index (Phi) is 3.95. The molecule has 3 heterocycles. The van der Waals surface area contributed by atoms with E-state index in [2.05, 4.69) is 137 Å². The average molecular weight is 492 g/mol. The van der Waals surface area contributed by atoms with E-state index in [1.165, 1.54) is 72.3 Å². The Labute approximate surface area is 225 Å². The van der Waals surface area contributed by atoms with Gasteiger partial charge in [0.15, 0.2) is 0 Å². The molecule has 5 aromatic carbocycles. The summed E-state index contributed by atoms with van der Waals surface area (Å²) in [6.07, 6.45) is 0. The van der Waals surface area contributed by atoms with Gasteiger partial charge in [-0.15, -0.1) is 0 Å². The van der Waals surface area contributed by atoms with Crippen LogP contribution in [-0.4, -0.2) is 0 Å². The van der Waals surface area contributed by atoms with Gasteiger partial charge in [-0.05, 0) is 73.5 Å². The summed E-state index contributed by atoms with van der Waals surface area (Å²) in [6, 6.07) is 34.6. The predicted molar refractivity (Wildman–Crippen MR) is 160 cm³/mol. The van der Waals surface area contributed by atoms with Crippen LogP contribution in [0.1, 0.15) is 74.9 Å². The van der Waals surface area contributed by atoms with Gasteiger partial charge in [0.1, 0.15) is 0 Å². The predicted octanol–water partition coefficient (Wildman–Crippen LogP) is 9.89. The monoisotopic (exact) mass is 491 g/mol. The molecule has 5 aromatic rings. The maximum absolute atomic E-state index is 2.64. The van der Waals surface area contributed by atoms with Crippen LogP contribution in [0.15, 0.2) is 91.0 Å². The first-order valence-corrected chi connectivity index (χ1v) is 13.9. The van der Waals surface area contributed by atoms with Crippen LogP contribution in [0.3, 0.4) is 0 Å². The molecule has 0 atom stereocenters. The van der Waals surface area contributed by atoms with Gasteiger partial charge in [-0.25, -0.2) is 0 Å². The normalized spacial score (nSPS) is 18.3. The molecule has 0 aromatic heterocycles. The molecular weight excluding hydrogens is 458 g/mol. The summed E-state index contributed by atoms with van der Waals surface area (Å²) in [5.74, 6) is 0. The zero-order chi connectivity index (χ0) is 26.2. The second-order valence-electron chi connectivity index (χ2n) is 13.1. The molecular formula is C37H33N. The van der Waals surface area contributed by atoms with Gasteiger partial charge in [0.25, 0.3) is 0 Å². The highest BCUT2D eigenvalue weighted by Gasteiger charge is 2.51. The highest BCUT2D eigenvalue weighted by atomic mass is 15.2. The maximum atomic E-state index is 2.64. The zero-order valence-corrected chi connectivity index (χ0v) is 23.1. The van der Waals surface area contributed by atoms with Crippen LogP contribution in [0.4, 0.5) is 17.1 Å². The molecule has 8 rings (SSSR count). The van der Waals surface area contributed by atoms with Crippen molar-refractivity contribution in [3.05, 3.63) is 124 Å². The number of anilines is 3. The number of rotatable bonds is 1. The molecule has 0 spiro atoms. The molecule has 0 radical (unpaired) electrons. The standard InChI is InChI=1S/C37H33N/c1-35(2)26-13-9-15-28-32(26)38-33-27(35)14-10-16-29(33)37(5,6)31-21-25(20-30(34(31)38)36(28,3)4)24-18-17-22-11-7-8-12-23(22)19-24/h7-21H,1-6H3. The van der Waals surface area contributed by atoms with Gasteiger partial charge in [0, 0.05) is 16.2 Å². The lowest BCUT2D eigenvalue weighted by molar-refractivity contribution is 0.567. The molecule has 0 amide bonds. The number of para-hydroxylation sites is 2. The van der Waals surface area contributed by atoms with Crippen molar-refractivity contribution in [1.29, 1.82) is 0 Å². The lowest BCUT2D eigenvalue weighted by Crippen LogP contribution is -2.43. The summed E-state index contributed by atoms with van der Waals surface area (Å²) in [5, 5.41) is 2.58. The van der Waals surface area contributed by atoms with Crippen molar-refractivity contribution in [1.82, 2.24) is 0 Å². The quantitative estimate of drug-likeness (QED) is 0.225. The van der Waals surface area contributed by atoms with Crippen molar-refractivity contribution in [2.75, 3.05) is 4.90 Å². The lowest BCUT2D eigenvalue weighted by atomic mass is 9.60. The molecule has 186 valence electrons. The fraction of sp³-hybridized carbons (Fsp3) is 0.243. The first kappa shape index (κ1) is 22.2. The first-order valence-electron chi connectivity index (χ1n) is 13.9. The molecule has 0 fully saturated rings. The minimum Gasteiger partial charge on any atom is -0.309 e. The van der Waals surface area contributed by atoms with E-state index < -0.39 is 0 Å². The molecule has 3 aliphatic rings. The summed E-state index contributed by atoms with van der Waals surface area (Å²) >= 11 is 0. The van der Waals surface area contributed by atoms with Crippen LogP contribution in [0, 0.1) is 0 Å². The molecule has 0 aliphatic carbocycles. The minimum atomic E-state index is -0.116. The third-order valence-corrected chi connectivity index (χ3v) is 9.98. The van der Waals surface area contributed by atoms with Crippen LogP contribution >= 0.6 is 0 Å². The van der Waals surface area contributed by atoms with Crippen LogP contribution < -0.4 is 4.90 Å². The van der Waals surface area contributed by atoms with E-state index in [9.17, 15) is 0 Å². The van der Waals surface area contributed by atoms with Crippen molar-refractivity contribution >= 4 is 27.8 Å². The summed E-state index contributed by atoms with van der Waals surface area (Å²) in [7, 11) is 0. The van der Waals surface area contributed by atoms with Crippen molar-refractivity contribution in [3.63, 3.8) is 0 Å². The van der Waals surface area contributed by atoms with Crippen molar-refractivity contribution in [2.24, 2.45) is 0 Å². The highest BCUT2D eigenvalue weighted by Crippen LogP contribution is 2.66. The van der Waals surface area contributed by atoms with Gasteiger partial charge >= 0.3 is 0 Å². The van der Waals surface area contributed by atoms with Gasteiger partial charge in [0.2, 0.25) is 0 Å². The Hall–Kier alpha value is -3.84. The fourth-order valence-corrected chi connectivity index (χ4v) is 7.72. The van der Waals surface area contributed by atoms with E-state index >= 15 is 0 Å². The zero-order valence-electron chi connectivity index (χ0n) is 23.1. The van der Waals surface area contributed by atoms with Gasteiger partial charge in [-0.1, -0.05) is 114 Å². The minimum absolute atomic E-state index is 0.0562. The molecule has 0 N–H and O–H groups in total. The van der Waals surface area contributed by atoms with Gasteiger partial charge in [-0.3, -0.25) is 0 Å².